The molecule has 0 aliphatic carbocycles. The zero-order valence-corrected chi connectivity index (χ0v) is 12.2. The first-order valence-electron chi connectivity index (χ1n) is 6.28. The molecule has 1 aromatic rings. The molecule has 0 bridgehead atoms. The molecule has 1 aliphatic rings. The van der Waals surface area contributed by atoms with Gasteiger partial charge in [-0.2, -0.15) is 4.98 Å². The van der Waals surface area contributed by atoms with E-state index in [1.54, 1.807) is 0 Å². The lowest BCUT2D eigenvalue weighted by atomic mass is 10.1. The van der Waals surface area contributed by atoms with Crippen LogP contribution in [-0.4, -0.2) is 40.4 Å². The highest BCUT2D eigenvalue weighted by atomic mass is 35.5. The molecule has 0 saturated carbocycles. The fourth-order valence-corrected chi connectivity index (χ4v) is 2.35. The number of carbonyl (C=O) groups is 1. The van der Waals surface area contributed by atoms with Crippen molar-refractivity contribution < 1.29 is 4.79 Å². The van der Waals surface area contributed by atoms with Crippen LogP contribution in [0.15, 0.2) is 6.20 Å². The van der Waals surface area contributed by atoms with Crippen molar-refractivity contribution in [3.63, 3.8) is 0 Å². The van der Waals surface area contributed by atoms with Gasteiger partial charge in [0.15, 0.2) is 0 Å². The molecule has 5 nitrogen and oxygen atoms in total. The number of hydrogen-bond acceptors (Lipinski definition) is 4. The minimum Gasteiger partial charge on any atom is -0.369 e. The van der Waals surface area contributed by atoms with E-state index in [0.29, 0.717) is 17.4 Å². The molecule has 1 aromatic heterocycles. The summed E-state index contributed by atoms with van der Waals surface area (Å²) in [4.78, 5) is 21.4. The quantitative estimate of drug-likeness (QED) is 0.670. The van der Waals surface area contributed by atoms with Gasteiger partial charge >= 0.3 is 0 Å². The van der Waals surface area contributed by atoms with Gasteiger partial charge in [-0.25, -0.2) is 4.98 Å². The summed E-state index contributed by atoms with van der Waals surface area (Å²) < 4.78 is 0. The van der Waals surface area contributed by atoms with Crippen molar-refractivity contribution in [1.82, 2.24) is 14.9 Å². The van der Waals surface area contributed by atoms with E-state index in [9.17, 15) is 4.79 Å². The van der Waals surface area contributed by atoms with Crippen LogP contribution < -0.4 is 5.32 Å². The molecule has 1 atom stereocenters. The average molecular weight is 303 g/mol. The molecular weight excluding hydrogens is 287 g/mol. The van der Waals surface area contributed by atoms with Crippen LogP contribution in [0.3, 0.4) is 0 Å². The zero-order valence-electron chi connectivity index (χ0n) is 10.7. The van der Waals surface area contributed by atoms with Gasteiger partial charge in [-0.05, 0) is 24.4 Å². The minimum absolute atomic E-state index is 0.162. The number of halogens is 2. The second-order valence-corrected chi connectivity index (χ2v) is 5.38. The van der Waals surface area contributed by atoms with Crippen molar-refractivity contribution in [2.45, 2.75) is 19.8 Å². The molecule has 0 radical (unpaired) electrons. The molecule has 1 fully saturated rings. The van der Waals surface area contributed by atoms with Gasteiger partial charge in [-0.15, -0.1) is 0 Å². The number of amides is 1. The van der Waals surface area contributed by atoms with Gasteiger partial charge in [0.1, 0.15) is 10.8 Å². The zero-order chi connectivity index (χ0) is 13.8. The third-order valence-corrected chi connectivity index (χ3v) is 3.64. The molecule has 104 valence electrons. The lowest BCUT2D eigenvalue weighted by molar-refractivity contribution is -0.130. The van der Waals surface area contributed by atoms with Crippen LogP contribution in [0.4, 0.5) is 5.82 Å². The van der Waals surface area contributed by atoms with Gasteiger partial charge in [-0.3, -0.25) is 4.79 Å². The highest BCUT2D eigenvalue weighted by molar-refractivity contribution is 6.33. The Morgan fingerprint density at radius 1 is 1.53 bits per heavy atom. The molecule has 0 aromatic carbocycles. The number of hydrogen-bond donors (Lipinski definition) is 1. The Kier molecular flexibility index (Phi) is 4.82. The highest BCUT2D eigenvalue weighted by Crippen LogP contribution is 2.20. The second-order valence-electron chi connectivity index (χ2n) is 4.63. The molecule has 7 heteroatoms. The Balaban J connectivity index is 1.75. The topological polar surface area (TPSA) is 58.1 Å². The molecule has 0 spiro atoms. The highest BCUT2D eigenvalue weighted by Gasteiger charge is 2.26. The molecule has 19 heavy (non-hydrogen) atoms. The summed E-state index contributed by atoms with van der Waals surface area (Å²) in [5, 5.41) is 3.70. The number of nitrogens with one attached hydrogen (secondary N) is 1. The van der Waals surface area contributed by atoms with Crippen molar-refractivity contribution in [2.75, 3.05) is 25.0 Å². The van der Waals surface area contributed by atoms with Crippen LogP contribution in [0.25, 0.3) is 0 Å². The normalized spacial score (nSPS) is 19.0. The van der Waals surface area contributed by atoms with Gasteiger partial charge in [0.25, 0.3) is 0 Å². The van der Waals surface area contributed by atoms with Crippen LogP contribution in [0.1, 0.15) is 19.8 Å². The van der Waals surface area contributed by atoms with Crippen LogP contribution in [0.5, 0.6) is 0 Å². The third kappa shape index (κ3) is 3.70. The van der Waals surface area contributed by atoms with E-state index in [4.69, 9.17) is 23.2 Å². The Morgan fingerprint density at radius 2 is 2.32 bits per heavy atom. The van der Waals surface area contributed by atoms with E-state index in [2.05, 4.69) is 15.3 Å². The van der Waals surface area contributed by atoms with Gasteiger partial charge < -0.3 is 10.2 Å². The van der Waals surface area contributed by atoms with E-state index >= 15 is 0 Å². The number of rotatable bonds is 5. The standard InChI is InChI=1S/C12H16Cl2N4O/c1-8-3-6-18(11(8)19)5-2-4-15-10-9(13)7-16-12(14)17-10/h7-8H,2-6H2,1H3,(H,15,16,17). The summed E-state index contributed by atoms with van der Waals surface area (Å²) in [5.74, 6) is 0.953. The Labute approximate surface area is 122 Å². The molecular formula is C12H16Cl2N4O. The fraction of sp³-hybridized carbons (Fsp3) is 0.583. The number of nitrogens with zero attached hydrogens (tertiary/aromatic N) is 3. The smallest absolute Gasteiger partial charge is 0.225 e. The predicted octanol–water partition coefficient (Wildman–Crippen LogP) is 2.45. The number of likely N-dealkylation sites (tertiary alicyclic amines) is 1. The SMILES string of the molecule is CC1CCN(CCCNc2nc(Cl)ncc2Cl)C1=O. The summed E-state index contributed by atoms with van der Waals surface area (Å²) in [5.41, 5.74) is 0. The summed E-state index contributed by atoms with van der Waals surface area (Å²) in [7, 11) is 0. The van der Waals surface area contributed by atoms with Crippen molar-refractivity contribution in [1.29, 1.82) is 0 Å². The van der Waals surface area contributed by atoms with E-state index in [1.165, 1.54) is 6.20 Å². The van der Waals surface area contributed by atoms with E-state index in [1.807, 2.05) is 11.8 Å². The minimum atomic E-state index is 0.162. The average Bonchev–Trinajstić information content (AvgIpc) is 2.70. The molecule has 2 rings (SSSR count). The fourth-order valence-electron chi connectivity index (χ4n) is 2.06. The largest absolute Gasteiger partial charge is 0.369 e. The summed E-state index contributed by atoms with van der Waals surface area (Å²) in [6.07, 6.45) is 3.26. The maximum atomic E-state index is 11.7. The third-order valence-electron chi connectivity index (χ3n) is 3.18. The van der Waals surface area contributed by atoms with Gasteiger partial charge in [0, 0.05) is 25.6 Å². The summed E-state index contributed by atoms with van der Waals surface area (Å²) in [6, 6.07) is 0. The van der Waals surface area contributed by atoms with Gasteiger partial charge in [0.05, 0.1) is 6.20 Å². The second kappa shape index (κ2) is 6.39. The molecule has 1 aliphatic heterocycles. The Hall–Kier alpha value is -1.07. The molecule has 1 amide bonds. The Bertz CT molecular complexity index is 469. The maximum Gasteiger partial charge on any atom is 0.225 e. The maximum absolute atomic E-state index is 11.7. The summed E-state index contributed by atoms with van der Waals surface area (Å²) >= 11 is 11.6. The van der Waals surface area contributed by atoms with E-state index in [0.717, 1.165) is 25.9 Å². The Morgan fingerprint density at radius 3 is 3.00 bits per heavy atom. The molecule has 1 N–H and O–H groups in total. The number of anilines is 1. The first kappa shape index (κ1) is 14.3. The van der Waals surface area contributed by atoms with Crippen molar-refractivity contribution in [3.05, 3.63) is 16.5 Å². The predicted molar refractivity (Wildman–Crippen MR) is 75.5 cm³/mol. The molecule has 1 unspecified atom stereocenters. The van der Waals surface area contributed by atoms with Crippen molar-refractivity contribution in [3.8, 4) is 0 Å². The first-order chi connectivity index (χ1) is 9.08. The van der Waals surface area contributed by atoms with Crippen LogP contribution in [0, 0.1) is 5.92 Å². The van der Waals surface area contributed by atoms with Crippen LogP contribution >= 0.6 is 23.2 Å². The summed E-state index contributed by atoms with van der Waals surface area (Å²) in [6.45, 7) is 4.28. The number of aromatic nitrogens is 2. The number of carbonyl (C=O) groups excluding carboxylic acids is 1. The van der Waals surface area contributed by atoms with Gasteiger partial charge in [0.2, 0.25) is 11.2 Å². The van der Waals surface area contributed by atoms with Gasteiger partial charge in [-0.1, -0.05) is 18.5 Å². The van der Waals surface area contributed by atoms with E-state index in [-0.39, 0.29) is 17.1 Å². The molecule has 1 saturated heterocycles. The lowest BCUT2D eigenvalue weighted by Crippen LogP contribution is -2.28. The van der Waals surface area contributed by atoms with E-state index < -0.39 is 0 Å². The van der Waals surface area contributed by atoms with Crippen LogP contribution in [-0.2, 0) is 4.79 Å². The lowest BCUT2D eigenvalue weighted by Gasteiger charge is -2.16. The monoisotopic (exact) mass is 302 g/mol. The van der Waals surface area contributed by atoms with Crippen molar-refractivity contribution >= 4 is 34.9 Å². The van der Waals surface area contributed by atoms with Crippen molar-refractivity contribution in [2.24, 2.45) is 5.92 Å². The molecule has 2 heterocycles. The van der Waals surface area contributed by atoms with Crippen LogP contribution in [0.2, 0.25) is 10.3 Å². The first-order valence-corrected chi connectivity index (χ1v) is 7.04.